The van der Waals surface area contributed by atoms with Crippen molar-refractivity contribution in [2.45, 2.75) is 6.92 Å². The molecule has 2 rings (SSSR count). The standard InChI is InChI=1S/C20H21NO4/c1-15(2)20(22)25-13-12-24-19-8-4-16(5-9-19)14-21-17-6-10-18(23-3)11-7-17/h4-11,14H,1,12-13H2,2-3H3. The Morgan fingerprint density at radius 1 is 1.04 bits per heavy atom. The number of hydrogen-bond donors (Lipinski definition) is 0. The molecule has 0 amide bonds. The largest absolute Gasteiger partial charge is 0.497 e. The molecule has 0 aliphatic rings. The van der Waals surface area contributed by atoms with Gasteiger partial charge in [0.2, 0.25) is 0 Å². The van der Waals surface area contributed by atoms with Crippen LogP contribution in [-0.4, -0.2) is 32.5 Å². The minimum Gasteiger partial charge on any atom is -0.497 e. The molecule has 0 aromatic heterocycles. The van der Waals surface area contributed by atoms with Gasteiger partial charge in [-0.3, -0.25) is 4.99 Å². The summed E-state index contributed by atoms with van der Waals surface area (Å²) in [7, 11) is 1.63. The molecule has 0 atom stereocenters. The summed E-state index contributed by atoms with van der Waals surface area (Å²) in [6.45, 7) is 5.60. The summed E-state index contributed by atoms with van der Waals surface area (Å²) in [6.07, 6.45) is 1.78. The predicted molar refractivity (Wildman–Crippen MR) is 98.0 cm³/mol. The molecule has 0 aliphatic carbocycles. The molecule has 0 spiro atoms. The lowest BCUT2D eigenvalue weighted by Gasteiger charge is -2.07. The van der Waals surface area contributed by atoms with Crippen molar-refractivity contribution in [3.05, 3.63) is 66.2 Å². The Kier molecular flexibility index (Phi) is 6.77. The van der Waals surface area contributed by atoms with Crippen molar-refractivity contribution in [2.24, 2.45) is 4.99 Å². The van der Waals surface area contributed by atoms with Crippen LogP contribution in [0.5, 0.6) is 11.5 Å². The highest BCUT2D eigenvalue weighted by Crippen LogP contribution is 2.18. The van der Waals surface area contributed by atoms with Crippen molar-refractivity contribution >= 4 is 17.9 Å². The molecule has 0 heterocycles. The molecule has 0 fully saturated rings. The first-order chi connectivity index (χ1) is 12.1. The first kappa shape index (κ1) is 18.3. The Bertz CT molecular complexity index is 733. The molecule has 130 valence electrons. The van der Waals surface area contributed by atoms with Crippen LogP contribution in [0.3, 0.4) is 0 Å². The summed E-state index contributed by atoms with van der Waals surface area (Å²) < 4.78 is 15.6. The summed E-state index contributed by atoms with van der Waals surface area (Å²) in [5.41, 5.74) is 2.18. The number of benzene rings is 2. The third-order valence-electron chi connectivity index (χ3n) is 3.25. The predicted octanol–water partition coefficient (Wildman–Crippen LogP) is 3.94. The Labute approximate surface area is 147 Å². The van der Waals surface area contributed by atoms with E-state index < -0.39 is 5.97 Å². The average molecular weight is 339 g/mol. The number of carbonyl (C=O) groups is 1. The number of esters is 1. The van der Waals surface area contributed by atoms with Gasteiger partial charge < -0.3 is 14.2 Å². The van der Waals surface area contributed by atoms with Crippen molar-refractivity contribution < 1.29 is 19.0 Å². The molecule has 0 bridgehead atoms. The first-order valence-electron chi connectivity index (χ1n) is 7.82. The van der Waals surface area contributed by atoms with E-state index in [0.717, 1.165) is 17.0 Å². The molecule has 2 aromatic carbocycles. The number of ether oxygens (including phenoxy) is 3. The average Bonchev–Trinajstić information content (AvgIpc) is 2.64. The second-order valence-corrected chi connectivity index (χ2v) is 5.29. The third-order valence-corrected chi connectivity index (χ3v) is 3.25. The minimum atomic E-state index is -0.409. The number of methoxy groups -OCH3 is 1. The summed E-state index contributed by atoms with van der Waals surface area (Å²) >= 11 is 0. The van der Waals surface area contributed by atoms with Gasteiger partial charge in [0.25, 0.3) is 0 Å². The van der Waals surface area contributed by atoms with Crippen LogP contribution in [0, 0.1) is 0 Å². The topological polar surface area (TPSA) is 57.1 Å². The molecule has 5 heteroatoms. The van der Waals surface area contributed by atoms with Crippen LogP contribution < -0.4 is 9.47 Å². The van der Waals surface area contributed by atoms with Crippen LogP contribution in [0.25, 0.3) is 0 Å². The fourth-order valence-corrected chi connectivity index (χ4v) is 1.88. The maximum absolute atomic E-state index is 11.2. The fourth-order valence-electron chi connectivity index (χ4n) is 1.88. The Morgan fingerprint density at radius 3 is 2.28 bits per heavy atom. The fraction of sp³-hybridized carbons (Fsp3) is 0.200. The molecule has 0 radical (unpaired) electrons. The van der Waals surface area contributed by atoms with E-state index >= 15 is 0 Å². The van der Waals surface area contributed by atoms with Gasteiger partial charge in [-0.1, -0.05) is 6.58 Å². The van der Waals surface area contributed by atoms with E-state index in [1.54, 1.807) is 20.2 Å². The Morgan fingerprint density at radius 2 is 1.68 bits per heavy atom. The van der Waals surface area contributed by atoms with Gasteiger partial charge in [-0.15, -0.1) is 0 Å². The molecule has 25 heavy (non-hydrogen) atoms. The van der Waals surface area contributed by atoms with Crippen molar-refractivity contribution in [3.8, 4) is 11.5 Å². The molecule has 0 aliphatic heterocycles. The van der Waals surface area contributed by atoms with E-state index in [1.165, 1.54) is 0 Å². The summed E-state index contributed by atoms with van der Waals surface area (Å²) in [5, 5.41) is 0. The number of hydrogen-bond acceptors (Lipinski definition) is 5. The summed E-state index contributed by atoms with van der Waals surface area (Å²) in [4.78, 5) is 15.6. The van der Waals surface area contributed by atoms with E-state index in [0.29, 0.717) is 11.3 Å². The second kappa shape index (κ2) is 9.27. The zero-order valence-electron chi connectivity index (χ0n) is 14.4. The zero-order chi connectivity index (χ0) is 18.1. The SMILES string of the molecule is C=C(C)C(=O)OCCOc1ccc(C=Nc2ccc(OC)cc2)cc1. The third kappa shape index (κ3) is 6.14. The van der Waals surface area contributed by atoms with E-state index in [4.69, 9.17) is 14.2 Å². The lowest BCUT2D eigenvalue weighted by molar-refractivity contribution is -0.139. The molecule has 0 saturated carbocycles. The zero-order valence-corrected chi connectivity index (χ0v) is 14.4. The van der Waals surface area contributed by atoms with E-state index in [1.807, 2.05) is 48.5 Å². The second-order valence-electron chi connectivity index (χ2n) is 5.29. The normalized spacial score (nSPS) is 10.5. The molecule has 0 unspecified atom stereocenters. The highest BCUT2D eigenvalue weighted by Gasteiger charge is 2.02. The van der Waals surface area contributed by atoms with Crippen LogP contribution >= 0.6 is 0 Å². The number of nitrogens with zero attached hydrogens (tertiary/aromatic N) is 1. The van der Waals surface area contributed by atoms with Gasteiger partial charge in [0.1, 0.15) is 24.7 Å². The van der Waals surface area contributed by atoms with E-state index in [2.05, 4.69) is 11.6 Å². The summed E-state index contributed by atoms with van der Waals surface area (Å²) in [5.74, 6) is 1.09. The maximum atomic E-state index is 11.2. The van der Waals surface area contributed by atoms with Gasteiger partial charge in [-0.05, 0) is 61.0 Å². The molecular weight excluding hydrogens is 318 g/mol. The maximum Gasteiger partial charge on any atom is 0.333 e. The van der Waals surface area contributed by atoms with Gasteiger partial charge in [0.15, 0.2) is 0 Å². The minimum absolute atomic E-state index is 0.187. The highest BCUT2D eigenvalue weighted by molar-refractivity contribution is 5.86. The molecular formula is C20H21NO4. The molecule has 5 nitrogen and oxygen atoms in total. The van der Waals surface area contributed by atoms with Gasteiger partial charge in [0.05, 0.1) is 12.8 Å². The first-order valence-corrected chi connectivity index (χ1v) is 7.82. The van der Waals surface area contributed by atoms with Crippen LogP contribution in [-0.2, 0) is 9.53 Å². The highest BCUT2D eigenvalue weighted by atomic mass is 16.6. The molecule has 0 saturated heterocycles. The van der Waals surface area contributed by atoms with Gasteiger partial charge in [-0.2, -0.15) is 0 Å². The number of carbonyl (C=O) groups excluding carboxylic acids is 1. The molecule has 2 aromatic rings. The number of aliphatic imine (C=N–C) groups is 1. The van der Waals surface area contributed by atoms with Gasteiger partial charge >= 0.3 is 5.97 Å². The van der Waals surface area contributed by atoms with Crippen molar-refractivity contribution in [1.29, 1.82) is 0 Å². The van der Waals surface area contributed by atoms with Crippen molar-refractivity contribution in [2.75, 3.05) is 20.3 Å². The van der Waals surface area contributed by atoms with Crippen LogP contribution in [0.4, 0.5) is 5.69 Å². The van der Waals surface area contributed by atoms with Crippen molar-refractivity contribution in [3.63, 3.8) is 0 Å². The van der Waals surface area contributed by atoms with Crippen molar-refractivity contribution in [1.82, 2.24) is 0 Å². The smallest absolute Gasteiger partial charge is 0.333 e. The van der Waals surface area contributed by atoms with Gasteiger partial charge in [-0.25, -0.2) is 4.79 Å². The monoisotopic (exact) mass is 339 g/mol. The lowest BCUT2D eigenvalue weighted by Crippen LogP contribution is -2.12. The van der Waals surface area contributed by atoms with Crippen LogP contribution in [0.2, 0.25) is 0 Å². The Hall–Kier alpha value is -3.08. The molecule has 0 N–H and O–H groups in total. The van der Waals surface area contributed by atoms with Crippen LogP contribution in [0.1, 0.15) is 12.5 Å². The van der Waals surface area contributed by atoms with Crippen LogP contribution in [0.15, 0.2) is 65.7 Å². The quantitative estimate of drug-likeness (QED) is 0.316. The lowest BCUT2D eigenvalue weighted by atomic mass is 10.2. The van der Waals surface area contributed by atoms with E-state index in [-0.39, 0.29) is 13.2 Å². The Balaban J connectivity index is 1.81. The number of rotatable bonds is 8. The van der Waals surface area contributed by atoms with Gasteiger partial charge in [0, 0.05) is 11.8 Å². The summed E-state index contributed by atoms with van der Waals surface area (Å²) in [6, 6.07) is 15.0. The van der Waals surface area contributed by atoms with E-state index in [9.17, 15) is 4.79 Å².